The Bertz CT molecular complexity index is 352. The summed E-state index contributed by atoms with van der Waals surface area (Å²) in [5.74, 6) is -0.295. The van der Waals surface area contributed by atoms with E-state index in [1.54, 1.807) is 12.1 Å². The molecule has 0 aromatic heterocycles. The van der Waals surface area contributed by atoms with Crippen molar-refractivity contribution >= 4 is 5.71 Å². The number of halogens is 1. The number of rotatable bonds is 3. The Morgan fingerprint density at radius 1 is 1.43 bits per heavy atom. The van der Waals surface area contributed by atoms with E-state index in [-0.39, 0.29) is 5.82 Å². The van der Waals surface area contributed by atoms with Gasteiger partial charge >= 0.3 is 0 Å². The van der Waals surface area contributed by atoms with Crippen LogP contribution in [0.25, 0.3) is 0 Å². The van der Waals surface area contributed by atoms with Crippen molar-refractivity contribution in [1.29, 1.82) is 5.41 Å². The van der Waals surface area contributed by atoms with Crippen LogP contribution in [-0.2, 0) is 0 Å². The first-order valence-corrected chi connectivity index (χ1v) is 4.44. The van der Waals surface area contributed by atoms with Gasteiger partial charge in [-0.25, -0.2) is 4.39 Å². The van der Waals surface area contributed by atoms with Gasteiger partial charge in [0.05, 0.1) is 5.71 Å². The first-order chi connectivity index (χ1) is 6.69. The van der Waals surface area contributed by atoms with Crippen LogP contribution in [0.4, 0.5) is 4.39 Å². The topological polar surface area (TPSA) is 49.9 Å². The fraction of sp³-hybridized carbons (Fsp3) is 0.182. The van der Waals surface area contributed by atoms with Gasteiger partial charge in [-0.05, 0) is 48.0 Å². The van der Waals surface area contributed by atoms with Crippen molar-refractivity contribution in [3.8, 4) is 0 Å². The summed E-state index contributed by atoms with van der Waals surface area (Å²) in [5, 5.41) is 7.79. The van der Waals surface area contributed by atoms with Gasteiger partial charge in [0.2, 0.25) is 0 Å². The number of hydrogen-bond donors (Lipinski definition) is 2. The average Bonchev–Trinajstić information content (AvgIpc) is 2.20. The maximum absolute atomic E-state index is 12.6. The molecular weight excluding hydrogens is 179 g/mol. The first-order valence-electron chi connectivity index (χ1n) is 4.44. The molecule has 0 aliphatic carbocycles. The average molecular weight is 192 g/mol. The van der Waals surface area contributed by atoms with Crippen molar-refractivity contribution in [2.75, 3.05) is 0 Å². The van der Waals surface area contributed by atoms with Crippen LogP contribution in [0.2, 0.25) is 0 Å². The number of nitrogens with one attached hydrogen (secondary N) is 1. The van der Waals surface area contributed by atoms with E-state index in [0.717, 1.165) is 5.57 Å². The van der Waals surface area contributed by atoms with Crippen molar-refractivity contribution in [1.82, 2.24) is 0 Å². The summed E-state index contributed by atoms with van der Waals surface area (Å²) >= 11 is 0. The van der Waals surface area contributed by atoms with E-state index in [2.05, 4.69) is 0 Å². The van der Waals surface area contributed by atoms with Gasteiger partial charge in [0.25, 0.3) is 0 Å². The van der Waals surface area contributed by atoms with Gasteiger partial charge in [0, 0.05) is 0 Å². The molecule has 1 aromatic rings. The highest BCUT2D eigenvalue weighted by molar-refractivity contribution is 6.10. The molecule has 14 heavy (non-hydrogen) atoms. The lowest BCUT2D eigenvalue weighted by Crippen LogP contribution is -2.04. The molecule has 3 N–H and O–H groups in total. The quantitative estimate of drug-likeness (QED) is 0.710. The summed E-state index contributed by atoms with van der Waals surface area (Å²) in [4.78, 5) is 0. The molecule has 0 amide bonds. The van der Waals surface area contributed by atoms with Gasteiger partial charge in [-0.15, -0.1) is 0 Å². The second-order valence-corrected chi connectivity index (χ2v) is 2.93. The van der Waals surface area contributed by atoms with Crippen molar-refractivity contribution in [3.63, 3.8) is 0 Å². The largest absolute Gasteiger partial charge is 0.404 e. The third-order valence-electron chi connectivity index (χ3n) is 2.04. The van der Waals surface area contributed by atoms with E-state index in [9.17, 15) is 4.39 Å². The van der Waals surface area contributed by atoms with Gasteiger partial charge in [-0.2, -0.15) is 0 Å². The molecule has 74 valence electrons. The molecule has 0 saturated heterocycles. The first kappa shape index (κ1) is 10.4. The Balaban J connectivity index is 2.95. The van der Waals surface area contributed by atoms with E-state index in [1.807, 2.05) is 6.92 Å². The van der Waals surface area contributed by atoms with Crippen molar-refractivity contribution < 1.29 is 4.39 Å². The van der Waals surface area contributed by atoms with Gasteiger partial charge in [-0.1, -0.05) is 6.92 Å². The monoisotopic (exact) mass is 192 g/mol. The zero-order chi connectivity index (χ0) is 10.6. The fourth-order valence-corrected chi connectivity index (χ4v) is 1.18. The number of allylic oxidation sites excluding steroid dienone is 1. The Hall–Kier alpha value is -1.64. The minimum absolute atomic E-state index is 0.295. The highest BCUT2D eigenvalue weighted by atomic mass is 19.1. The molecule has 2 nitrogen and oxygen atoms in total. The molecule has 0 saturated carbocycles. The van der Waals surface area contributed by atoms with Crippen LogP contribution in [-0.4, -0.2) is 5.71 Å². The van der Waals surface area contributed by atoms with Crippen LogP contribution >= 0.6 is 0 Å². The third kappa shape index (κ3) is 2.19. The molecule has 0 aliphatic rings. The van der Waals surface area contributed by atoms with Crippen LogP contribution in [0.1, 0.15) is 18.9 Å². The van der Waals surface area contributed by atoms with E-state index in [1.165, 1.54) is 18.3 Å². The molecule has 0 bridgehead atoms. The van der Waals surface area contributed by atoms with Gasteiger partial charge in [0.1, 0.15) is 5.82 Å². The number of hydrogen-bond acceptors (Lipinski definition) is 2. The fourth-order valence-electron chi connectivity index (χ4n) is 1.18. The smallest absolute Gasteiger partial charge is 0.123 e. The lowest BCUT2D eigenvalue weighted by molar-refractivity contribution is 0.628. The molecule has 1 aromatic carbocycles. The number of nitrogens with two attached hydrogens (primary N) is 1. The summed E-state index contributed by atoms with van der Waals surface area (Å²) < 4.78 is 12.6. The predicted octanol–water partition coefficient (Wildman–Crippen LogP) is 2.45. The third-order valence-corrected chi connectivity index (χ3v) is 2.04. The maximum Gasteiger partial charge on any atom is 0.123 e. The van der Waals surface area contributed by atoms with Gasteiger partial charge in [-0.3, -0.25) is 5.41 Å². The number of benzene rings is 1. The highest BCUT2D eigenvalue weighted by Gasteiger charge is 2.05. The second kappa shape index (κ2) is 4.56. The van der Waals surface area contributed by atoms with Crippen molar-refractivity contribution in [2.45, 2.75) is 13.3 Å². The summed E-state index contributed by atoms with van der Waals surface area (Å²) in [6.07, 6.45) is 2.12. The Kier molecular flexibility index (Phi) is 3.40. The SMILES string of the molecule is CC/C(=C/N)C(=N)c1ccc(F)cc1. The van der Waals surface area contributed by atoms with Gasteiger partial charge in [0.15, 0.2) is 0 Å². The molecule has 0 spiro atoms. The van der Waals surface area contributed by atoms with Crippen LogP contribution in [0.5, 0.6) is 0 Å². The molecule has 0 unspecified atom stereocenters. The standard InChI is InChI=1S/C11H13FN2/c1-2-8(7-13)11(14)9-3-5-10(12)6-4-9/h3-7,14H,2,13H2,1H3/b8-7-,14-11?. The molecule has 3 heteroatoms. The Morgan fingerprint density at radius 3 is 2.43 bits per heavy atom. The lowest BCUT2D eigenvalue weighted by atomic mass is 10.0. The highest BCUT2D eigenvalue weighted by Crippen LogP contribution is 2.11. The van der Waals surface area contributed by atoms with E-state index < -0.39 is 0 Å². The zero-order valence-corrected chi connectivity index (χ0v) is 8.05. The second-order valence-electron chi connectivity index (χ2n) is 2.93. The zero-order valence-electron chi connectivity index (χ0n) is 8.05. The predicted molar refractivity (Wildman–Crippen MR) is 55.8 cm³/mol. The molecule has 0 fully saturated rings. The molecule has 0 atom stereocenters. The van der Waals surface area contributed by atoms with Crippen LogP contribution < -0.4 is 5.73 Å². The molecule has 0 radical (unpaired) electrons. The van der Waals surface area contributed by atoms with Gasteiger partial charge < -0.3 is 5.73 Å². The summed E-state index contributed by atoms with van der Waals surface area (Å²) in [6, 6.07) is 5.84. The van der Waals surface area contributed by atoms with Crippen molar-refractivity contribution in [2.24, 2.45) is 5.73 Å². The van der Waals surface area contributed by atoms with Crippen molar-refractivity contribution in [3.05, 3.63) is 47.4 Å². The molecule has 1 rings (SSSR count). The summed E-state index contributed by atoms with van der Waals surface area (Å²) in [5.41, 5.74) is 7.18. The van der Waals surface area contributed by atoms with Crippen LogP contribution in [0, 0.1) is 11.2 Å². The van der Waals surface area contributed by atoms with Crippen LogP contribution in [0.3, 0.4) is 0 Å². The lowest BCUT2D eigenvalue weighted by Gasteiger charge is -2.05. The minimum atomic E-state index is -0.295. The summed E-state index contributed by atoms with van der Waals surface area (Å²) in [6.45, 7) is 1.93. The van der Waals surface area contributed by atoms with E-state index in [0.29, 0.717) is 17.7 Å². The summed E-state index contributed by atoms with van der Waals surface area (Å²) in [7, 11) is 0. The Labute approximate surface area is 82.8 Å². The molecule has 0 heterocycles. The normalized spacial score (nSPS) is 11.4. The van der Waals surface area contributed by atoms with Crippen LogP contribution in [0.15, 0.2) is 36.0 Å². The molecule has 0 aliphatic heterocycles. The van der Waals surface area contributed by atoms with E-state index in [4.69, 9.17) is 11.1 Å². The minimum Gasteiger partial charge on any atom is -0.404 e. The maximum atomic E-state index is 12.6. The Morgan fingerprint density at radius 2 is 2.00 bits per heavy atom. The molecular formula is C11H13FN2. The van der Waals surface area contributed by atoms with E-state index >= 15 is 0 Å².